The van der Waals surface area contributed by atoms with Crippen LogP contribution in [0.4, 0.5) is 24.9 Å². The zero-order valence-corrected chi connectivity index (χ0v) is 14.6. The monoisotopic (exact) mass is 354 g/mol. The average Bonchev–Trinajstić information content (AvgIpc) is 2.53. The Morgan fingerprint density at radius 1 is 1.08 bits per heavy atom. The fourth-order valence-electron chi connectivity index (χ4n) is 2.07. The van der Waals surface area contributed by atoms with Crippen molar-refractivity contribution in [3.8, 4) is 5.75 Å². The summed E-state index contributed by atoms with van der Waals surface area (Å²) in [5.41, 5.74) is 0.107. The Bertz CT molecular complexity index is 719. The third-order valence-electron chi connectivity index (χ3n) is 3.48. The SMILES string of the molecule is Cc1cccc(OCCN(C)c2nc(N(C)C)cc(C(F)(F)F)n2)c1. The van der Waals surface area contributed by atoms with Crippen LogP contribution in [0.15, 0.2) is 30.3 Å². The molecule has 0 atom stereocenters. The molecule has 0 amide bonds. The van der Waals surface area contributed by atoms with Crippen molar-refractivity contribution >= 4 is 11.8 Å². The zero-order chi connectivity index (χ0) is 18.6. The van der Waals surface area contributed by atoms with Gasteiger partial charge in [0.2, 0.25) is 5.95 Å². The molecule has 136 valence electrons. The summed E-state index contributed by atoms with van der Waals surface area (Å²) in [6, 6.07) is 8.50. The standard InChI is InChI=1S/C17H21F3N4O/c1-12-6-5-7-13(10-12)25-9-8-24(4)16-21-14(17(18,19)20)11-15(22-16)23(2)3/h5-7,10-11H,8-9H2,1-4H3. The number of nitrogens with zero attached hydrogens (tertiary/aromatic N) is 4. The molecule has 0 aliphatic heterocycles. The molecule has 25 heavy (non-hydrogen) atoms. The predicted molar refractivity (Wildman–Crippen MR) is 91.3 cm³/mol. The van der Waals surface area contributed by atoms with E-state index in [0.29, 0.717) is 18.9 Å². The third-order valence-corrected chi connectivity index (χ3v) is 3.48. The number of alkyl halides is 3. The molecule has 0 aliphatic carbocycles. The Kier molecular flexibility index (Phi) is 5.71. The van der Waals surface area contributed by atoms with Crippen LogP contribution in [-0.2, 0) is 6.18 Å². The van der Waals surface area contributed by atoms with Crippen molar-refractivity contribution < 1.29 is 17.9 Å². The molecular weight excluding hydrogens is 333 g/mol. The van der Waals surface area contributed by atoms with E-state index in [1.54, 1.807) is 21.1 Å². The van der Waals surface area contributed by atoms with Crippen molar-refractivity contribution in [3.63, 3.8) is 0 Å². The highest BCUT2D eigenvalue weighted by molar-refractivity contribution is 5.45. The first-order chi connectivity index (χ1) is 11.7. The predicted octanol–water partition coefficient (Wildman–Crippen LogP) is 3.39. The summed E-state index contributed by atoms with van der Waals surface area (Å²) in [4.78, 5) is 10.9. The highest BCUT2D eigenvalue weighted by Gasteiger charge is 2.34. The molecular formula is C17H21F3N4O. The summed E-state index contributed by atoms with van der Waals surface area (Å²) in [5, 5.41) is 0. The van der Waals surface area contributed by atoms with Crippen molar-refractivity contribution in [1.29, 1.82) is 0 Å². The molecule has 0 spiro atoms. The molecule has 0 fully saturated rings. The number of aromatic nitrogens is 2. The smallest absolute Gasteiger partial charge is 0.433 e. The number of ether oxygens (including phenoxy) is 1. The van der Waals surface area contributed by atoms with Crippen LogP contribution in [0.1, 0.15) is 11.3 Å². The minimum absolute atomic E-state index is 0.00590. The van der Waals surface area contributed by atoms with Gasteiger partial charge in [-0.2, -0.15) is 18.2 Å². The third kappa shape index (κ3) is 5.23. The molecule has 0 radical (unpaired) electrons. The van der Waals surface area contributed by atoms with Crippen molar-refractivity contribution in [2.75, 3.05) is 44.1 Å². The lowest BCUT2D eigenvalue weighted by Crippen LogP contribution is -2.27. The summed E-state index contributed by atoms with van der Waals surface area (Å²) in [7, 11) is 4.90. The van der Waals surface area contributed by atoms with Crippen molar-refractivity contribution in [2.24, 2.45) is 0 Å². The van der Waals surface area contributed by atoms with Crippen LogP contribution >= 0.6 is 0 Å². The quantitative estimate of drug-likeness (QED) is 0.795. The summed E-state index contributed by atoms with van der Waals surface area (Å²) < 4.78 is 44.7. The van der Waals surface area contributed by atoms with Crippen molar-refractivity contribution in [1.82, 2.24) is 9.97 Å². The van der Waals surface area contributed by atoms with E-state index in [9.17, 15) is 13.2 Å². The second kappa shape index (κ2) is 7.58. The Morgan fingerprint density at radius 3 is 2.40 bits per heavy atom. The minimum Gasteiger partial charge on any atom is -0.492 e. The van der Waals surface area contributed by atoms with E-state index in [4.69, 9.17) is 4.74 Å². The molecule has 0 saturated heterocycles. The first-order valence-electron chi connectivity index (χ1n) is 7.71. The topological polar surface area (TPSA) is 41.5 Å². The second-order valence-corrected chi connectivity index (χ2v) is 5.89. The van der Waals surface area contributed by atoms with E-state index in [1.165, 1.54) is 9.80 Å². The minimum atomic E-state index is -4.53. The number of anilines is 2. The number of benzene rings is 1. The number of hydrogen-bond acceptors (Lipinski definition) is 5. The molecule has 0 aliphatic rings. The highest BCUT2D eigenvalue weighted by Crippen LogP contribution is 2.30. The van der Waals surface area contributed by atoms with Gasteiger partial charge in [0.05, 0.1) is 6.54 Å². The summed E-state index contributed by atoms with van der Waals surface area (Å²) >= 11 is 0. The lowest BCUT2D eigenvalue weighted by molar-refractivity contribution is -0.141. The average molecular weight is 354 g/mol. The maximum atomic E-state index is 13.0. The largest absolute Gasteiger partial charge is 0.492 e. The van der Waals surface area contributed by atoms with Gasteiger partial charge in [0.1, 0.15) is 18.2 Å². The molecule has 0 bridgehead atoms. The van der Waals surface area contributed by atoms with Gasteiger partial charge in [0.15, 0.2) is 5.69 Å². The van der Waals surface area contributed by atoms with Gasteiger partial charge in [-0.05, 0) is 24.6 Å². The number of hydrogen-bond donors (Lipinski definition) is 0. The molecule has 0 saturated carbocycles. The van der Waals surface area contributed by atoms with E-state index in [-0.39, 0.29) is 11.8 Å². The van der Waals surface area contributed by atoms with Gasteiger partial charge in [-0.15, -0.1) is 0 Å². The molecule has 8 heteroatoms. The molecule has 0 unspecified atom stereocenters. The maximum absolute atomic E-state index is 13.0. The van der Waals surface area contributed by atoms with Crippen LogP contribution in [0.3, 0.4) is 0 Å². The van der Waals surface area contributed by atoms with Crippen LogP contribution < -0.4 is 14.5 Å². The Balaban J connectivity index is 2.09. The van der Waals surface area contributed by atoms with Crippen molar-refractivity contribution in [2.45, 2.75) is 13.1 Å². The summed E-state index contributed by atoms with van der Waals surface area (Å²) in [6.07, 6.45) is -4.53. The van der Waals surface area contributed by atoms with E-state index < -0.39 is 11.9 Å². The molecule has 1 aromatic carbocycles. The fourth-order valence-corrected chi connectivity index (χ4v) is 2.07. The van der Waals surface area contributed by atoms with Gasteiger partial charge in [0, 0.05) is 27.2 Å². The summed E-state index contributed by atoms with van der Waals surface area (Å²) in [5.74, 6) is 0.919. The first-order valence-corrected chi connectivity index (χ1v) is 7.71. The lowest BCUT2D eigenvalue weighted by atomic mass is 10.2. The lowest BCUT2D eigenvalue weighted by Gasteiger charge is -2.21. The second-order valence-electron chi connectivity index (χ2n) is 5.89. The molecule has 2 aromatic rings. The fraction of sp³-hybridized carbons (Fsp3) is 0.412. The Morgan fingerprint density at radius 2 is 1.80 bits per heavy atom. The normalized spacial score (nSPS) is 11.3. The molecule has 1 heterocycles. The number of aryl methyl sites for hydroxylation is 1. The molecule has 0 N–H and O–H groups in total. The zero-order valence-electron chi connectivity index (χ0n) is 14.6. The highest BCUT2D eigenvalue weighted by atomic mass is 19.4. The number of likely N-dealkylation sites (N-methyl/N-ethyl adjacent to an activating group) is 1. The van der Waals surface area contributed by atoms with Crippen LogP contribution in [0, 0.1) is 6.92 Å². The van der Waals surface area contributed by atoms with E-state index in [0.717, 1.165) is 11.6 Å². The molecule has 2 rings (SSSR count). The first kappa shape index (κ1) is 18.8. The van der Waals surface area contributed by atoms with E-state index in [2.05, 4.69) is 9.97 Å². The Hall–Kier alpha value is -2.51. The van der Waals surface area contributed by atoms with Gasteiger partial charge >= 0.3 is 6.18 Å². The van der Waals surface area contributed by atoms with Crippen LogP contribution in [-0.4, -0.2) is 44.3 Å². The van der Waals surface area contributed by atoms with Crippen LogP contribution in [0.5, 0.6) is 5.75 Å². The van der Waals surface area contributed by atoms with E-state index in [1.807, 2.05) is 31.2 Å². The van der Waals surface area contributed by atoms with Gasteiger partial charge in [-0.25, -0.2) is 4.98 Å². The van der Waals surface area contributed by atoms with Crippen molar-refractivity contribution in [3.05, 3.63) is 41.6 Å². The van der Waals surface area contributed by atoms with Crippen LogP contribution in [0.25, 0.3) is 0 Å². The van der Waals surface area contributed by atoms with E-state index >= 15 is 0 Å². The van der Waals surface area contributed by atoms with Crippen LogP contribution in [0.2, 0.25) is 0 Å². The van der Waals surface area contributed by atoms with Gasteiger partial charge in [-0.3, -0.25) is 0 Å². The number of rotatable bonds is 6. The maximum Gasteiger partial charge on any atom is 0.433 e. The Labute approximate surface area is 145 Å². The molecule has 5 nitrogen and oxygen atoms in total. The number of halogens is 3. The molecule has 1 aromatic heterocycles. The summed E-state index contributed by atoms with van der Waals surface area (Å²) in [6.45, 7) is 2.61. The van der Waals surface area contributed by atoms with Gasteiger partial charge in [0.25, 0.3) is 0 Å². The van der Waals surface area contributed by atoms with Gasteiger partial charge < -0.3 is 14.5 Å². The van der Waals surface area contributed by atoms with Gasteiger partial charge in [-0.1, -0.05) is 12.1 Å².